The Hall–Kier alpha value is -11.3. The van der Waals surface area contributed by atoms with Crippen molar-refractivity contribution in [2.24, 2.45) is 0 Å². The second kappa shape index (κ2) is 20.1. The predicted octanol–water partition coefficient (Wildman–Crippen LogP) is 17.6. The molecule has 0 bridgehead atoms. The van der Waals surface area contributed by atoms with Gasteiger partial charge in [-0.1, -0.05) is 152 Å². The fourth-order valence-corrected chi connectivity index (χ4v) is 10.0. The number of aromatic nitrogens is 5. The monoisotopic (exact) mass is 1020 g/mol. The second-order valence-electron chi connectivity index (χ2n) is 18.5. The van der Waals surface area contributed by atoms with Crippen LogP contribution in [0.2, 0.25) is 0 Å². The Morgan fingerprint density at radius 2 is 0.861 bits per heavy atom. The second-order valence-corrected chi connectivity index (χ2v) is 18.5. The molecule has 12 heteroatoms. The summed E-state index contributed by atoms with van der Waals surface area (Å²) >= 11 is 0. The largest absolute Gasteiger partial charge is 0.416 e. The van der Waals surface area contributed by atoms with E-state index in [1.165, 1.54) is 12.1 Å². The highest BCUT2D eigenvalue weighted by Crippen LogP contribution is 2.47. The third-order valence-corrected chi connectivity index (χ3v) is 13.8. The SMILES string of the molecule is [C-]#[N+]c1ccc(-c2ccc3c(c2)c2cc(-c4ccc(C#N)cc4[N+]#[C-])ccc2n3-c2c(-c3nc(-c4ccccc4)cc(-c4ccccc4)n3)cc(C(F)(F)F)cc2-c2nc(-c3ccccc3)cc(-c3ccccc3)n2)c(C#N)c1. The van der Waals surface area contributed by atoms with Crippen LogP contribution in [0.3, 0.4) is 0 Å². The van der Waals surface area contributed by atoms with Crippen LogP contribution in [0, 0.1) is 35.8 Å². The van der Waals surface area contributed by atoms with Crippen LogP contribution in [-0.2, 0) is 6.18 Å². The summed E-state index contributed by atoms with van der Waals surface area (Å²) < 4.78 is 49.9. The van der Waals surface area contributed by atoms with E-state index in [9.17, 15) is 10.5 Å². The van der Waals surface area contributed by atoms with Crippen LogP contribution in [-0.4, -0.2) is 24.5 Å². The molecular weight excluding hydrogens is 988 g/mol. The molecule has 0 aliphatic carbocycles. The Kier molecular flexibility index (Phi) is 12.4. The molecule has 370 valence electrons. The first kappa shape index (κ1) is 48.6. The van der Waals surface area contributed by atoms with Crippen molar-refractivity contribution in [1.82, 2.24) is 24.5 Å². The van der Waals surface area contributed by atoms with Gasteiger partial charge in [-0.25, -0.2) is 29.6 Å². The number of alkyl halides is 3. The lowest BCUT2D eigenvalue weighted by Crippen LogP contribution is -2.11. The maximum Gasteiger partial charge on any atom is 0.416 e. The molecule has 79 heavy (non-hydrogen) atoms. The highest BCUT2D eigenvalue weighted by molar-refractivity contribution is 6.13. The molecule has 0 aliphatic heterocycles. The Balaban J connectivity index is 1.26. The van der Waals surface area contributed by atoms with E-state index in [1.807, 2.05) is 174 Å². The van der Waals surface area contributed by atoms with Gasteiger partial charge in [0, 0.05) is 55.3 Å². The number of hydrogen-bond donors (Lipinski definition) is 0. The Morgan fingerprint density at radius 1 is 0.418 bits per heavy atom. The van der Waals surface area contributed by atoms with Crippen LogP contribution in [0.5, 0.6) is 0 Å². The lowest BCUT2D eigenvalue weighted by molar-refractivity contribution is -0.137. The van der Waals surface area contributed by atoms with Crippen LogP contribution in [0.4, 0.5) is 24.5 Å². The van der Waals surface area contributed by atoms with Gasteiger partial charge < -0.3 is 4.57 Å². The van der Waals surface area contributed by atoms with Crippen molar-refractivity contribution in [2.45, 2.75) is 6.18 Å². The third kappa shape index (κ3) is 9.15. The Morgan fingerprint density at radius 3 is 1.27 bits per heavy atom. The zero-order valence-corrected chi connectivity index (χ0v) is 41.4. The standard InChI is InChI=1S/C67H36F3N9/c1-73-50-26-28-51(48(32-50)40-72)46-24-29-62-53(33-46)54-34-47(52-27-23-41(39-71)31-61(52)74-2)25-30-63(54)79(62)64-55(65-75-57(42-15-7-3-8-16-42)37-58(76-65)43-17-9-4-10-18-43)35-49(67(68,69)70)36-56(64)66-77-59(44-19-11-5-12-20-44)38-60(78-66)45-21-13-6-14-22-45/h3-38H. The van der Waals surface area contributed by atoms with Gasteiger partial charge in [-0.2, -0.15) is 23.7 Å². The molecule has 0 unspecified atom stereocenters. The fraction of sp³-hybridized carbons (Fsp3) is 0.0149. The Labute approximate surface area is 451 Å². The molecule has 9 aromatic carbocycles. The average molecular weight is 1020 g/mol. The molecule has 12 aromatic rings. The number of benzene rings is 9. The van der Waals surface area contributed by atoms with Crippen molar-refractivity contribution in [3.05, 3.63) is 258 Å². The minimum atomic E-state index is -4.89. The van der Waals surface area contributed by atoms with Crippen LogP contribution >= 0.6 is 0 Å². The zero-order valence-electron chi connectivity index (χ0n) is 41.4. The molecule has 12 rings (SSSR count). The summed E-state index contributed by atoms with van der Waals surface area (Å²) in [4.78, 5) is 28.0. The van der Waals surface area contributed by atoms with Gasteiger partial charge >= 0.3 is 6.18 Å². The van der Waals surface area contributed by atoms with Crippen LogP contribution in [0.15, 0.2) is 218 Å². The highest BCUT2D eigenvalue weighted by atomic mass is 19.4. The molecule has 0 amide bonds. The van der Waals surface area contributed by atoms with E-state index in [4.69, 9.17) is 33.1 Å². The quantitative estimate of drug-likeness (QED) is 0.133. The van der Waals surface area contributed by atoms with Gasteiger partial charge in [0.1, 0.15) is 0 Å². The molecule has 0 aliphatic rings. The van der Waals surface area contributed by atoms with Crippen LogP contribution in [0.25, 0.3) is 127 Å². The summed E-state index contributed by atoms with van der Waals surface area (Å²) in [5.41, 5.74) is 8.63. The van der Waals surface area contributed by atoms with Crippen molar-refractivity contribution >= 4 is 33.2 Å². The van der Waals surface area contributed by atoms with Gasteiger partial charge in [-0.3, -0.25) is 0 Å². The number of rotatable bonds is 9. The molecule has 0 fully saturated rings. The van der Waals surface area contributed by atoms with Gasteiger partial charge in [0.25, 0.3) is 0 Å². The first-order chi connectivity index (χ1) is 38.6. The third-order valence-electron chi connectivity index (χ3n) is 13.8. The number of fused-ring (bicyclic) bond motifs is 3. The molecule has 0 saturated heterocycles. The van der Waals surface area contributed by atoms with Crippen molar-refractivity contribution in [2.75, 3.05) is 0 Å². The maximum atomic E-state index is 16.0. The van der Waals surface area contributed by atoms with Crippen LogP contribution in [0.1, 0.15) is 16.7 Å². The molecule has 3 heterocycles. The first-order valence-electron chi connectivity index (χ1n) is 24.8. The minimum Gasteiger partial charge on any atom is -0.308 e. The highest BCUT2D eigenvalue weighted by Gasteiger charge is 2.35. The van der Waals surface area contributed by atoms with E-state index >= 15 is 13.2 Å². The predicted molar refractivity (Wildman–Crippen MR) is 302 cm³/mol. The summed E-state index contributed by atoms with van der Waals surface area (Å²) in [6.45, 7) is 15.8. The molecule has 9 nitrogen and oxygen atoms in total. The van der Waals surface area contributed by atoms with E-state index in [0.29, 0.717) is 100 Å². The number of hydrogen-bond acceptors (Lipinski definition) is 6. The summed E-state index contributed by atoms with van der Waals surface area (Å²) in [5, 5.41) is 21.4. The van der Waals surface area contributed by atoms with Crippen LogP contribution < -0.4 is 0 Å². The van der Waals surface area contributed by atoms with Crippen molar-refractivity contribution in [3.8, 4) is 108 Å². The number of nitrogens with zero attached hydrogens (tertiary/aromatic N) is 9. The lowest BCUT2D eigenvalue weighted by atomic mass is 9.97. The summed E-state index contributed by atoms with van der Waals surface area (Å²) in [6.07, 6.45) is -4.89. The van der Waals surface area contributed by atoms with Crippen molar-refractivity contribution < 1.29 is 13.2 Å². The molecule has 0 spiro atoms. The molecule has 0 saturated carbocycles. The fourth-order valence-electron chi connectivity index (χ4n) is 10.0. The number of nitriles is 2. The van der Waals surface area contributed by atoms with Gasteiger partial charge in [0.05, 0.1) is 70.3 Å². The molecule has 0 atom stereocenters. The van der Waals surface area contributed by atoms with E-state index in [2.05, 4.69) is 21.8 Å². The van der Waals surface area contributed by atoms with Crippen molar-refractivity contribution in [1.29, 1.82) is 10.5 Å². The molecule has 0 radical (unpaired) electrons. The summed E-state index contributed by atoms with van der Waals surface area (Å²) in [6, 6.07) is 68.8. The molecular formula is C67H36F3N9. The topological polar surface area (TPSA) is 113 Å². The minimum absolute atomic E-state index is 0.00821. The van der Waals surface area contributed by atoms with E-state index in [0.717, 1.165) is 12.1 Å². The van der Waals surface area contributed by atoms with E-state index < -0.39 is 11.7 Å². The maximum absolute atomic E-state index is 16.0. The van der Waals surface area contributed by atoms with Gasteiger partial charge in [-0.15, -0.1) is 0 Å². The van der Waals surface area contributed by atoms with E-state index in [-0.39, 0.29) is 39.7 Å². The smallest absolute Gasteiger partial charge is 0.308 e. The normalized spacial score (nSPS) is 11.2. The van der Waals surface area contributed by atoms with E-state index in [1.54, 1.807) is 24.3 Å². The first-order valence-corrected chi connectivity index (χ1v) is 24.8. The van der Waals surface area contributed by atoms with Gasteiger partial charge in [0.15, 0.2) is 23.0 Å². The summed E-state index contributed by atoms with van der Waals surface area (Å²) in [7, 11) is 0. The van der Waals surface area contributed by atoms with Crippen molar-refractivity contribution in [3.63, 3.8) is 0 Å². The van der Waals surface area contributed by atoms with Gasteiger partial charge in [-0.05, 0) is 89.0 Å². The summed E-state index contributed by atoms with van der Waals surface area (Å²) in [5.74, 6) is -0.0164. The zero-order chi connectivity index (χ0) is 54.2. The lowest BCUT2D eigenvalue weighted by Gasteiger charge is -2.21. The average Bonchev–Trinajstić information content (AvgIpc) is 4.09. The number of halogens is 3. The van der Waals surface area contributed by atoms with Gasteiger partial charge in [0.2, 0.25) is 0 Å². The Bertz CT molecular complexity index is 4170. The molecule has 0 N–H and O–H groups in total. The molecule has 3 aromatic heterocycles.